The summed E-state index contributed by atoms with van der Waals surface area (Å²) in [7, 11) is 1.78. The summed E-state index contributed by atoms with van der Waals surface area (Å²) in [5, 5.41) is 5.98. The molecule has 6 nitrogen and oxygen atoms in total. The van der Waals surface area contributed by atoms with Gasteiger partial charge in [-0.1, -0.05) is 62.4 Å². The van der Waals surface area contributed by atoms with Crippen LogP contribution in [0.4, 0.5) is 11.4 Å². The molecule has 0 aliphatic rings. The van der Waals surface area contributed by atoms with Crippen molar-refractivity contribution in [2.75, 3.05) is 30.8 Å². The lowest BCUT2D eigenvalue weighted by atomic mass is 10.1. The summed E-state index contributed by atoms with van der Waals surface area (Å²) in [6, 6.07) is 24.4. The van der Waals surface area contributed by atoms with Gasteiger partial charge in [-0.3, -0.25) is 9.59 Å². The maximum absolute atomic E-state index is 12.8. The minimum absolute atomic E-state index is 0.0655. The lowest BCUT2D eigenvalue weighted by Gasteiger charge is -2.18. The molecule has 3 rings (SSSR count). The number of para-hydroxylation sites is 2. The fourth-order valence-electron chi connectivity index (χ4n) is 3.24. The molecule has 172 valence electrons. The zero-order chi connectivity index (χ0) is 23.6. The summed E-state index contributed by atoms with van der Waals surface area (Å²) in [4.78, 5) is 27.0. The van der Waals surface area contributed by atoms with Crippen LogP contribution in [0.5, 0.6) is 5.75 Å². The predicted molar refractivity (Wildman–Crippen MR) is 133 cm³/mol. The summed E-state index contributed by atoms with van der Waals surface area (Å²) in [6.45, 7) is 5.31. The summed E-state index contributed by atoms with van der Waals surface area (Å²) in [6.07, 6.45) is 0. The van der Waals surface area contributed by atoms with Gasteiger partial charge in [0.15, 0.2) is 0 Å². The van der Waals surface area contributed by atoms with Crippen LogP contribution >= 0.6 is 0 Å². The number of rotatable bonds is 10. The number of benzene rings is 3. The van der Waals surface area contributed by atoms with Gasteiger partial charge in [-0.2, -0.15) is 0 Å². The van der Waals surface area contributed by atoms with Crippen molar-refractivity contribution in [1.29, 1.82) is 0 Å². The van der Waals surface area contributed by atoms with Crippen LogP contribution in [-0.4, -0.2) is 36.9 Å². The van der Waals surface area contributed by atoms with E-state index in [1.807, 2.05) is 60.7 Å². The number of hydrogen-bond acceptors (Lipinski definition) is 4. The number of amides is 2. The molecule has 0 heterocycles. The van der Waals surface area contributed by atoms with Gasteiger partial charge < -0.3 is 20.3 Å². The number of anilines is 2. The van der Waals surface area contributed by atoms with Crippen LogP contribution < -0.4 is 15.4 Å². The fraction of sp³-hybridized carbons (Fsp3) is 0.259. The Balaban J connectivity index is 1.56. The molecular weight excluding hydrogens is 414 g/mol. The Bertz CT molecular complexity index is 1070. The molecule has 3 aromatic carbocycles. The topological polar surface area (TPSA) is 70.7 Å². The minimum atomic E-state index is -0.200. The zero-order valence-corrected chi connectivity index (χ0v) is 19.4. The van der Waals surface area contributed by atoms with Crippen LogP contribution in [-0.2, 0) is 11.3 Å². The van der Waals surface area contributed by atoms with Crippen molar-refractivity contribution in [3.05, 3.63) is 90.0 Å². The maximum atomic E-state index is 12.8. The average molecular weight is 446 g/mol. The molecule has 0 spiro atoms. The quantitative estimate of drug-likeness (QED) is 0.458. The van der Waals surface area contributed by atoms with Gasteiger partial charge in [0.25, 0.3) is 5.91 Å². The number of carbonyl (C=O) groups is 2. The van der Waals surface area contributed by atoms with Crippen molar-refractivity contribution in [2.45, 2.75) is 20.4 Å². The van der Waals surface area contributed by atoms with E-state index in [9.17, 15) is 9.59 Å². The highest BCUT2D eigenvalue weighted by molar-refractivity contribution is 5.96. The highest BCUT2D eigenvalue weighted by atomic mass is 16.5. The van der Waals surface area contributed by atoms with Crippen LogP contribution in [0.2, 0.25) is 0 Å². The molecule has 2 amide bonds. The highest BCUT2D eigenvalue weighted by Crippen LogP contribution is 2.24. The molecule has 0 saturated carbocycles. The van der Waals surface area contributed by atoms with E-state index in [-0.39, 0.29) is 18.4 Å². The maximum Gasteiger partial charge on any atom is 0.253 e. The third kappa shape index (κ3) is 7.38. The molecule has 33 heavy (non-hydrogen) atoms. The zero-order valence-electron chi connectivity index (χ0n) is 19.4. The van der Waals surface area contributed by atoms with Gasteiger partial charge in [0.2, 0.25) is 5.91 Å². The summed E-state index contributed by atoms with van der Waals surface area (Å²) in [5.41, 5.74) is 2.97. The number of hydrogen-bond donors (Lipinski definition) is 2. The molecule has 3 aromatic rings. The van der Waals surface area contributed by atoms with Crippen molar-refractivity contribution in [3.8, 4) is 5.75 Å². The van der Waals surface area contributed by atoms with Gasteiger partial charge in [0, 0.05) is 24.8 Å². The third-order valence-corrected chi connectivity index (χ3v) is 4.91. The Morgan fingerprint density at radius 1 is 0.939 bits per heavy atom. The Hall–Kier alpha value is -3.80. The summed E-state index contributed by atoms with van der Waals surface area (Å²) in [5.74, 6) is 0.752. The number of nitrogens with zero attached hydrogens (tertiary/aromatic N) is 1. The van der Waals surface area contributed by atoms with E-state index in [0.29, 0.717) is 41.8 Å². The van der Waals surface area contributed by atoms with Gasteiger partial charge in [-0.05, 0) is 41.8 Å². The standard InChI is InChI=1S/C27H31N3O3/c1-20(2)19-33-25-15-8-7-14-24(25)29-26(31)17-28-23-13-9-12-22(16-23)27(32)30(3)18-21-10-5-4-6-11-21/h4-16,20,28H,17-19H2,1-3H3,(H,29,31). The Kier molecular flexibility index (Phi) is 8.47. The van der Waals surface area contributed by atoms with E-state index < -0.39 is 0 Å². The molecule has 0 radical (unpaired) electrons. The lowest BCUT2D eigenvalue weighted by Crippen LogP contribution is -2.26. The number of ether oxygens (including phenoxy) is 1. The molecule has 2 N–H and O–H groups in total. The molecule has 0 aliphatic heterocycles. The second-order valence-electron chi connectivity index (χ2n) is 8.33. The predicted octanol–water partition coefficient (Wildman–Crippen LogP) is 5.04. The van der Waals surface area contributed by atoms with E-state index in [1.165, 1.54) is 0 Å². The van der Waals surface area contributed by atoms with Crippen molar-refractivity contribution in [3.63, 3.8) is 0 Å². The van der Waals surface area contributed by atoms with Gasteiger partial charge in [-0.25, -0.2) is 0 Å². The number of carbonyl (C=O) groups excluding carboxylic acids is 2. The molecule has 0 atom stereocenters. The van der Waals surface area contributed by atoms with Crippen LogP contribution in [0.1, 0.15) is 29.8 Å². The highest BCUT2D eigenvalue weighted by Gasteiger charge is 2.13. The third-order valence-electron chi connectivity index (χ3n) is 4.91. The first kappa shape index (κ1) is 23.9. The Labute approximate surface area is 195 Å². The first-order chi connectivity index (χ1) is 15.9. The molecular formula is C27H31N3O3. The monoisotopic (exact) mass is 445 g/mol. The van der Waals surface area contributed by atoms with E-state index >= 15 is 0 Å². The molecule has 0 saturated heterocycles. The van der Waals surface area contributed by atoms with Crippen LogP contribution in [0.25, 0.3) is 0 Å². The summed E-state index contributed by atoms with van der Waals surface area (Å²) >= 11 is 0. The van der Waals surface area contributed by atoms with E-state index in [1.54, 1.807) is 30.1 Å². The van der Waals surface area contributed by atoms with Gasteiger partial charge in [0.1, 0.15) is 5.75 Å². The smallest absolute Gasteiger partial charge is 0.253 e. The van der Waals surface area contributed by atoms with Gasteiger partial charge in [0.05, 0.1) is 18.8 Å². The van der Waals surface area contributed by atoms with Crippen LogP contribution in [0.15, 0.2) is 78.9 Å². The molecule has 0 aliphatic carbocycles. The summed E-state index contributed by atoms with van der Waals surface area (Å²) < 4.78 is 5.79. The van der Waals surface area contributed by atoms with E-state index in [0.717, 1.165) is 5.56 Å². The van der Waals surface area contributed by atoms with Crippen molar-refractivity contribution in [1.82, 2.24) is 4.90 Å². The van der Waals surface area contributed by atoms with Crippen molar-refractivity contribution in [2.24, 2.45) is 5.92 Å². The van der Waals surface area contributed by atoms with E-state index in [4.69, 9.17) is 4.74 Å². The van der Waals surface area contributed by atoms with Crippen molar-refractivity contribution >= 4 is 23.2 Å². The first-order valence-electron chi connectivity index (χ1n) is 11.1. The molecule has 0 unspecified atom stereocenters. The Morgan fingerprint density at radius 3 is 2.42 bits per heavy atom. The minimum Gasteiger partial charge on any atom is -0.491 e. The average Bonchev–Trinajstić information content (AvgIpc) is 2.82. The van der Waals surface area contributed by atoms with Crippen molar-refractivity contribution < 1.29 is 14.3 Å². The van der Waals surface area contributed by atoms with Crippen LogP contribution in [0.3, 0.4) is 0 Å². The lowest BCUT2D eigenvalue weighted by molar-refractivity contribution is -0.114. The molecule has 0 fully saturated rings. The van der Waals surface area contributed by atoms with Crippen LogP contribution in [0, 0.1) is 5.92 Å². The molecule has 0 aromatic heterocycles. The molecule has 6 heteroatoms. The van der Waals surface area contributed by atoms with Gasteiger partial charge in [-0.15, -0.1) is 0 Å². The Morgan fingerprint density at radius 2 is 1.67 bits per heavy atom. The SMILES string of the molecule is CC(C)COc1ccccc1NC(=O)CNc1cccc(C(=O)N(C)Cc2ccccc2)c1. The first-order valence-corrected chi connectivity index (χ1v) is 11.1. The normalized spacial score (nSPS) is 10.5. The van der Waals surface area contributed by atoms with E-state index in [2.05, 4.69) is 24.5 Å². The second-order valence-corrected chi connectivity index (χ2v) is 8.33. The van der Waals surface area contributed by atoms with Gasteiger partial charge >= 0.3 is 0 Å². The largest absolute Gasteiger partial charge is 0.491 e. The second kappa shape index (κ2) is 11.7. The fourth-order valence-corrected chi connectivity index (χ4v) is 3.24. The number of nitrogens with one attached hydrogen (secondary N) is 2. The molecule has 0 bridgehead atoms.